The quantitative estimate of drug-likeness (QED) is 0.0663. The van der Waals surface area contributed by atoms with Gasteiger partial charge in [-0.1, -0.05) is 128 Å². The Kier molecular flexibility index (Phi) is 17.4. The van der Waals surface area contributed by atoms with Crippen LogP contribution >= 0.6 is 11.8 Å². The van der Waals surface area contributed by atoms with Crippen molar-refractivity contribution in [3.05, 3.63) is 89.5 Å². The van der Waals surface area contributed by atoms with Crippen LogP contribution in [0.15, 0.2) is 82.7 Å². The van der Waals surface area contributed by atoms with E-state index in [1.807, 2.05) is 6.07 Å². The molecule has 3 aromatic carbocycles. The lowest BCUT2D eigenvalue weighted by Gasteiger charge is -2.15. The van der Waals surface area contributed by atoms with Gasteiger partial charge in [0.05, 0.1) is 22.5 Å². The standard InChI is InChI=1S/C42H54N4O6S/c1-2-3-4-5-6-7-8-9-10-11-12-13-14-15-16-20-26-43-39(47)31-22-21-25-36(30-31)53-37-38(45-46(40(37)48)35-23-18-17-19-24-35)44-34-28-32(41(49)50)27-33(29-34)42(51)52/h17-19,21-25,27-30,37H,2-16,20,26H2,1H3,(H,43,47)(H,44,45)(H,49,50)(H,51,52). The van der Waals surface area contributed by atoms with Gasteiger partial charge < -0.3 is 15.5 Å². The summed E-state index contributed by atoms with van der Waals surface area (Å²) in [6.07, 6.45) is 20.7. The van der Waals surface area contributed by atoms with E-state index in [0.29, 0.717) is 22.7 Å². The van der Waals surface area contributed by atoms with Gasteiger partial charge in [0.2, 0.25) is 0 Å². The van der Waals surface area contributed by atoms with E-state index >= 15 is 0 Å². The summed E-state index contributed by atoms with van der Waals surface area (Å²) in [5.74, 6) is -2.92. The van der Waals surface area contributed by atoms with Gasteiger partial charge in [0, 0.05) is 17.0 Å². The Morgan fingerprint density at radius 1 is 0.698 bits per heavy atom. The molecule has 0 aliphatic carbocycles. The Morgan fingerprint density at radius 3 is 1.79 bits per heavy atom. The molecular weight excluding hydrogens is 689 g/mol. The number of carboxylic acid groups (broad SMARTS) is 2. The van der Waals surface area contributed by atoms with Crippen molar-refractivity contribution in [1.82, 2.24) is 10.7 Å². The number of nitrogens with zero attached hydrogens (tertiary/aromatic N) is 2. The fraction of sp³-hybridized carbons (Fsp3) is 0.452. The predicted octanol–water partition coefficient (Wildman–Crippen LogP) is 9.82. The Labute approximate surface area is 317 Å². The van der Waals surface area contributed by atoms with Gasteiger partial charge in [0.1, 0.15) is 11.1 Å². The van der Waals surface area contributed by atoms with Crippen molar-refractivity contribution >= 4 is 52.7 Å². The molecule has 1 aliphatic rings. The van der Waals surface area contributed by atoms with E-state index in [0.717, 1.165) is 18.9 Å². The maximum absolute atomic E-state index is 13.8. The monoisotopic (exact) mass is 742 g/mol. The number of benzene rings is 3. The van der Waals surface area contributed by atoms with Gasteiger partial charge in [-0.3, -0.25) is 15.0 Å². The van der Waals surface area contributed by atoms with E-state index in [9.17, 15) is 29.4 Å². The third kappa shape index (κ3) is 13.7. The van der Waals surface area contributed by atoms with Crippen LogP contribution in [-0.4, -0.2) is 51.6 Å². The third-order valence-corrected chi connectivity index (χ3v) is 10.4. The highest BCUT2D eigenvalue weighted by atomic mass is 32.2. The van der Waals surface area contributed by atoms with Crippen molar-refractivity contribution in [2.75, 3.05) is 11.6 Å². The summed E-state index contributed by atoms with van der Waals surface area (Å²) in [6.45, 7) is 2.86. The highest BCUT2D eigenvalue weighted by Gasteiger charge is 2.39. The topological polar surface area (TPSA) is 148 Å². The molecule has 0 spiro atoms. The number of unbranched alkanes of at least 4 members (excludes halogenated alkanes) is 15. The molecule has 1 heterocycles. The first-order valence-electron chi connectivity index (χ1n) is 19.2. The summed E-state index contributed by atoms with van der Waals surface area (Å²) in [6, 6.07) is 19.5. The van der Waals surface area contributed by atoms with Crippen molar-refractivity contribution in [1.29, 1.82) is 0 Å². The number of thioether (sulfide) groups is 1. The maximum Gasteiger partial charge on any atom is 0.335 e. The zero-order valence-electron chi connectivity index (χ0n) is 30.9. The van der Waals surface area contributed by atoms with Gasteiger partial charge >= 0.3 is 11.9 Å². The van der Waals surface area contributed by atoms with E-state index in [2.05, 4.69) is 22.7 Å². The van der Waals surface area contributed by atoms with Crippen LogP contribution in [0.25, 0.3) is 0 Å². The number of amides is 2. The second-order valence-corrected chi connectivity index (χ2v) is 14.8. The lowest BCUT2D eigenvalue weighted by Crippen LogP contribution is -2.35. The summed E-state index contributed by atoms with van der Waals surface area (Å²) >= 11 is 1.19. The molecule has 1 aliphatic heterocycles. The predicted molar refractivity (Wildman–Crippen MR) is 212 cm³/mol. The fourth-order valence-electron chi connectivity index (χ4n) is 6.31. The Bertz CT molecular complexity index is 1650. The number of aromatic carboxylic acids is 2. The summed E-state index contributed by atoms with van der Waals surface area (Å²) < 4.78 is 0. The van der Waals surface area contributed by atoms with E-state index in [1.54, 1.807) is 48.5 Å². The van der Waals surface area contributed by atoms with Crippen LogP contribution < -0.4 is 15.8 Å². The number of anilines is 1. The Hall–Kier alpha value is -4.64. The van der Waals surface area contributed by atoms with Gasteiger partial charge in [-0.25, -0.2) is 19.6 Å². The summed E-state index contributed by atoms with van der Waals surface area (Å²) in [4.78, 5) is 55.4. The molecule has 0 bridgehead atoms. The minimum atomic E-state index is -1.30. The minimum Gasteiger partial charge on any atom is -0.478 e. The number of hydrogen-bond acceptors (Lipinski definition) is 6. The highest BCUT2D eigenvalue weighted by Crippen LogP contribution is 2.32. The van der Waals surface area contributed by atoms with Gasteiger partial charge in [-0.2, -0.15) is 0 Å². The number of aliphatic imine (C=N–C) groups is 1. The first-order chi connectivity index (χ1) is 25.8. The molecule has 284 valence electrons. The molecule has 0 radical (unpaired) electrons. The van der Waals surface area contributed by atoms with Gasteiger partial charge in [0.25, 0.3) is 11.8 Å². The van der Waals surface area contributed by atoms with Crippen LogP contribution in [0.2, 0.25) is 0 Å². The van der Waals surface area contributed by atoms with Crippen LogP contribution in [-0.2, 0) is 4.79 Å². The van der Waals surface area contributed by atoms with E-state index in [1.165, 1.54) is 119 Å². The molecule has 0 saturated carbocycles. The Morgan fingerprint density at radius 2 is 1.25 bits per heavy atom. The van der Waals surface area contributed by atoms with Crippen LogP contribution in [0.1, 0.15) is 141 Å². The molecule has 1 unspecified atom stereocenters. The van der Waals surface area contributed by atoms with Crippen molar-refractivity contribution < 1.29 is 29.4 Å². The average molecular weight is 743 g/mol. The van der Waals surface area contributed by atoms with Crippen molar-refractivity contribution in [3.8, 4) is 0 Å². The number of rotatable bonds is 24. The largest absolute Gasteiger partial charge is 0.478 e. The number of carbonyl (C=O) groups excluding carboxylic acids is 2. The zero-order chi connectivity index (χ0) is 37.8. The number of amidine groups is 1. The molecule has 3 aromatic rings. The fourth-order valence-corrected chi connectivity index (χ4v) is 7.35. The average Bonchev–Trinajstić information content (AvgIpc) is 3.46. The van der Waals surface area contributed by atoms with Crippen LogP contribution in [0.5, 0.6) is 0 Å². The maximum atomic E-state index is 13.8. The van der Waals surface area contributed by atoms with Gasteiger partial charge in [-0.05, 0) is 55.0 Å². The second-order valence-electron chi connectivity index (χ2n) is 13.6. The molecular formula is C42H54N4O6S. The molecule has 11 heteroatoms. The summed E-state index contributed by atoms with van der Waals surface area (Å²) in [5.41, 5.74) is 3.66. The lowest BCUT2D eigenvalue weighted by molar-refractivity contribution is -0.116. The summed E-state index contributed by atoms with van der Waals surface area (Å²) in [7, 11) is 0. The van der Waals surface area contributed by atoms with E-state index in [4.69, 9.17) is 0 Å². The first kappa shape index (κ1) is 41.1. The molecule has 1 saturated heterocycles. The molecule has 4 N–H and O–H groups in total. The first-order valence-corrected chi connectivity index (χ1v) is 20.1. The van der Waals surface area contributed by atoms with Gasteiger partial charge in [0.15, 0.2) is 0 Å². The second kappa shape index (κ2) is 22.4. The molecule has 1 fully saturated rings. The van der Waals surface area contributed by atoms with Crippen LogP contribution in [0.3, 0.4) is 0 Å². The zero-order valence-corrected chi connectivity index (χ0v) is 31.7. The third-order valence-electron chi connectivity index (χ3n) is 9.26. The lowest BCUT2D eigenvalue weighted by atomic mass is 10.0. The minimum absolute atomic E-state index is 0.0697. The number of carboxylic acids is 2. The van der Waals surface area contributed by atoms with Crippen molar-refractivity contribution in [2.45, 2.75) is 120 Å². The molecule has 2 amide bonds. The summed E-state index contributed by atoms with van der Waals surface area (Å²) in [5, 5.41) is 22.6. The number of hydrogen-bond donors (Lipinski definition) is 4. The van der Waals surface area contributed by atoms with E-state index < -0.39 is 17.2 Å². The van der Waals surface area contributed by atoms with Gasteiger partial charge in [-0.15, -0.1) is 11.8 Å². The van der Waals surface area contributed by atoms with Crippen LogP contribution in [0, 0.1) is 0 Å². The number of carbonyl (C=O) groups is 4. The molecule has 0 aromatic heterocycles. The van der Waals surface area contributed by atoms with Crippen molar-refractivity contribution in [2.24, 2.45) is 4.99 Å². The number of hydrazine groups is 1. The highest BCUT2D eigenvalue weighted by molar-refractivity contribution is 8.01. The molecule has 10 nitrogen and oxygen atoms in total. The normalized spacial score (nSPS) is 14.7. The van der Waals surface area contributed by atoms with E-state index in [-0.39, 0.29) is 34.5 Å². The smallest absolute Gasteiger partial charge is 0.335 e. The Balaban J connectivity index is 1.26. The molecule has 1 atom stereocenters. The van der Waals surface area contributed by atoms with Crippen molar-refractivity contribution in [3.63, 3.8) is 0 Å². The number of para-hydroxylation sites is 1. The number of nitrogens with one attached hydrogen (secondary N) is 2. The SMILES string of the molecule is CCCCCCCCCCCCCCCCCCNC(=O)c1cccc(SC2C(=O)N(c3ccccc3)NC2=Nc2cc(C(=O)O)cc(C(=O)O)c2)c1. The van der Waals surface area contributed by atoms with Crippen LogP contribution in [0.4, 0.5) is 11.4 Å². The molecule has 4 rings (SSSR count). The molecule has 53 heavy (non-hydrogen) atoms.